The maximum Gasteiger partial charge on any atom is 0.198 e. The van der Waals surface area contributed by atoms with Crippen molar-refractivity contribution in [2.45, 2.75) is 0 Å². The lowest BCUT2D eigenvalue weighted by atomic mass is 9.82. The Morgan fingerprint density at radius 1 is 0.433 bits per heavy atom. The quantitative estimate of drug-likeness (QED) is 0.398. The predicted octanol–water partition coefficient (Wildman–Crippen LogP) is 5.95. The summed E-state index contributed by atoms with van der Waals surface area (Å²) in [6.07, 6.45) is 0. The Hall–Kier alpha value is -4.18. The molecule has 4 aromatic carbocycles. The van der Waals surface area contributed by atoms with Crippen LogP contribution < -0.4 is 10.6 Å². The number of carbonyl (C=O) groups is 2. The van der Waals surface area contributed by atoms with Gasteiger partial charge < -0.3 is 10.6 Å². The van der Waals surface area contributed by atoms with Gasteiger partial charge in [0.2, 0.25) is 0 Å². The summed E-state index contributed by atoms with van der Waals surface area (Å²) in [7, 11) is 0. The zero-order valence-electron chi connectivity index (χ0n) is 16.1. The molecule has 2 N–H and O–H groups in total. The van der Waals surface area contributed by atoms with Gasteiger partial charge in [-0.25, -0.2) is 0 Å². The van der Waals surface area contributed by atoms with Crippen LogP contribution in [0.2, 0.25) is 0 Å². The standard InChI is InChI=1S/C26H18N2O2/c29-25-19-13-7-15-21(27-17-9-3-1-4-10-17)23(19)26(30)24-20(25)14-8-16-22(24)28-18-11-5-2-6-12-18/h1-16,27-28H. The number of hydrogen-bond acceptors (Lipinski definition) is 4. The molecule has 4 nitrogen and oxygen atoms in total. The highest BCUT2D eigenvalue weighted by molar-refractivity contribution is 6.32. The van der Waals surface area contributed by atoms with E-state index >= 15 is 0 Å². The third-order valence-corrected chi connectivity index (χ3v) is 5.18. The van der Waals surface area contributed by atoms with E-state index in [0.717, 1.165) is 11.4 Å². The van der Waals surface area contributed by atoms with Crippen LogP contribution in [0.1, 0.15) is 31.8 Å². The molecule has 0 amide bonds. The lowest BCUT2D eigenvalue weighted by molar-refractivity contribution is 0.0980. The fourth-order valence-corrected chi connectivity index (χ4v) is 3.80. The molecule has 0 radical (unpaired) electrons. The molecule has 0 fully saturated rings. The van der Waals surface area contributed by atoms with Gasteiger partial charge in [0.15, 0.2) is 11.6 Å². The van der Waals surface area contributed by atoms with Crippen molar-refractivity contribution < 1.29 is 9.59 Å². The van der Waals surface area contributed by atoms with E-state index in [1.54, 1.807) is 24.3 Å². The Bertz CT molecular complexity index is 1170. The molecule has 4 aromatic rings. The summed E-state index contributed by atoms with van der Waals surface area (Å²) < 4.78 is 0. The van der Waals surface area contributed by atoms with E-state index in [2.05, 4.69) is 10.6 Å². The van der Waals surface area contributed by atoms with Gasteiger partial charge in [-0.05, 0) is 36.4 Å². The summed E-state index contributed by atoms with van der Waals surface area (Å²) in [5, 5.41) is 6.58. The monoisotopic (exact) mass is 390 g/mol. The first-order chi connectivity index (χ1) is 14.7. The molecule has 0 unspecified atom stereocenters. The molecule has 0 atom stereocenters. The average molecular weight is 390 g/mol. The molecule has 5 rings (SSSR count). The number of rotatable bonds is 4. The third kappa shape index (κ3) is 3.05. The van der Waals surface area contributed by atoms with Gasteiger partial charge in [0.25, 0.3) is 0 Å². The highest BCUT2D eigenvalue weighted by atomic mass is 16.1. The largest absolute Gasteiger partial charge is 0.355 e. The second kappa shape index (κ2) is 7.33. The number of nitrogens with one attached hydrogen (secondary N) is 2. The van der Waals surface area contributed by atoms with E-state index in [1.807, 2.05) is 72.8 Å². The highest BCUT2D eigenvalue weighted by Gasteiger charge is 2.33. The van der Waals surface area contributed by atoms with Gasteiger partial charge in [0.05, 0.1) is 22.5 Å². The van der Waals surface area contributed by atoms with E-state index in [1.165, 1.54) is 0 Å². The highest BCUT2D eigenvalue weighted by Crippen LogP contribution is 2.37. The van der Waals surface area contributed by atoms with Gasteiger partial charge in [-0.3, -0.25) is 9.59 Å². The average Bonchev–Trinajstić information content (AvgIpc) is 2.79. The first-order valence-corrected chi connectivity index (χ1v) is 9.72. The van der Waals surface area contributed by atoms with Crippen LogP contribution in [0, 0.1) is 0 Å². The van der Waals surface area contributed by atoms with Gasteiger partial charge in [-0.15, -0.1) is 0 Å². The Kier molecular flexibility index (Phi) is 4.37. The van der Waals surface area contributed by atoms with Gasteiger partial charge >= 0.3 is 0 Å². The zero-order valence-corrected chi connectivity index (χ0v) is 16.1. The molecule has 0 bridgehead atoms. The minimum absolute atomic E-state index is 0.145. The van der Waals surface area contributed by atoms with Crippen molar-refractivity contribution >= 4 is 34.3 Å². The maximum absolute atomic E-state index is 13.6. The molecule has 0 saturated carbocycles. The van der Waals surface area contributed by atoms with Crippen LogP contribution in [0.15, 0.2) is 97.1 Å². The van der Waals surface area contributed by atoms with E-state index in [-0.39, 0.29) is 11.6 Å². The van der Waals surface area contributed by atoms with Gasteiger partial charge in [0, 0.05) is 22.5 Å². The normalized spacial score (nSPS) is 12.1. The minimum Gasteiger partial charge on any atom is -0.355 e. The maximum atomic E-state index is 13.6. The number of ketones is 2. The van der Waals surface area contributed by atoms with Crippen LogP contribution in [0.5, 0.6) is 0 Å². The second-order valence-electron chi connectivity index (χ2n) is 7.10. The Morgan fingerprint density at radius 2 is 0.867 bits per heavy atom. The smallest absolute Gasteiger partial charge is 0.198 e. The lowest BCUT2D eigenvalue weighted by Crippen LogP contribution is -2.23. The molecular weight excluding hydrogens is 372 g/mol. The van der Waals surface area contributed by atoms with Crippen LogP contribution >= 0.6 is 0 Å². The van der Waals surface area contributed by atoms with Crippen LogP contribution in [-0.2, 0) is 0 Å². The molecule has 4 heteroatoms. The van der Waals surface area contributed by atoms with Crippen molar-refractivity contribution in [3.05, 3.63) is 119 Å². The number of para-hydroxylation sites is 2. The van der Waals surface area contributed by atoms with E-state index in [9.17, 15) is 9.59 Å². The Labute approximate surface area is 174 Å². The summed E-state index contributed by atoms with van der Waals surface area (Å²) in [5.74, 6) is -0.314. The summed E-state index contributed by atoms with van der Waals surface area (Å²) >= 11 is 0. The summed E-state index contributed by atoms with van der Waals surface area (Å²) in [6.45, 7) is 0. The number of benzene rings is 4. The molecule has 1 aliphatic carbocycles. The molecular formula is C26H18N2O2. The van der Waals surface area contributed by atoms with Crippen molar-refractivity contribution in [1.82, 2.24) is 0 Å². The summed E-state index contributed by atoms with van der Waals surface area (Å²) in [5.41, 5.74) is 4.60. The number of fused-ring (bicyclic) bond motifs is 2. The number of carbonyl (C=O) groups excluding carboxylic acids is 2. The molecule has 0 aliphatic heterocycles. The van der Waals surface area contributed by atoms with Crippen molar-refractivity contribution in [3.8, 4) is 0 Å². The van der Waals surface area contributed by atoms with Gasteiger partial charge in [0.1, 0.15) is 0 Å². The zero-order chi connectivity index (χ0) is 20.5. The first-order valence-electron chi connectivity index (χ1n) is 9.72. The van der Waals surface area contributed by atoms with Crippen molar-refractivity contribution in [2.24, 2.45) is 0 Å². The summed E-state index contributed by atoms with van der Waals surface area (Å²) in [6, 6.07) is 29.9. The summed E-state index contributed by atoms with van der Waals surface area (Å²) in [4.78, 5) is 26.9. The fraction of sp³-hybridized carbons (Fsp3) is 0. The third-order valence-electron chi connectivity index (χ3n) is 5.18. The van der Waals surface area contributed by atoms with Crippen LogP contribution in [0.25, 0.3) is 0 Å². The SMILES string of the molecule is O=C1c2cccc(Nc3ccccc3)c2C(=O)c2c(Nc3ccccc3)cccc21. The molecule has 0 saturated heterocycles. The van der Waals surface area contributed by atoms with Gasteiger partial charge in [-0.1, -0.05) is 60.7 Å². The minimum atomic E-state index is -0.169. The number of hydrogen-bond donors (Lipinski definition) is 2. The molecule has 0 aromatic heterocycles. The second-order valence-corrected chi connectivity index (χ2v) is 7.10. The Balaban J connectivity index is 1.62. The first kappa shape index (κ1) is 17.9. The molecule has 144 valence electrons. The molecule has 0 heterocycles. The van der Waals surface area contributed by atoms with Crippen LogP contribution in [-0.4, -0.2) is 11.6 Å². The van der Waals surface area contributed by atoms with Crippen molar-refractivity contribution in [3.63, 3.8) is 0 Å². The molecule has 30 heavy (non-hydrogen) atoms. The molecule has 1 aliphatic rings. The predicted molar refractivity (Wildman–Crippen MR) is 119 cm³/mol. The number of anilines is 4. The van der Waals surface area contributed by atoms with Crippen LogP contribution in [0.3, 0.4) is 0 Å². The lowest BCUT2D eigenvalue weighted by Gasteiger charge is -2.23. The van der Waals surface area contributed by atoms with E-state index in [4.69, 9.17) is 0 Å². The topological polar surface area (TPSA) is 58.2 Å². The van der Waals surface area contributed by atoms with Crippen molar-refractivity contribution in [1.29, 1.82) is 0 Å². The fourth-order valence-electron chi connectivity index (χ4n) is 3.80. The van der Waals surface area contributed by atoms with E-state index in [0.29, 0.717) is 33.6 Å². The molecule has 0 spiro atoms. The van der Waals surface area contributed by atoms with Crippen LogP contribution in [0.4, 0.5) is 22.7 Å². The van der Waals surface area contributed by atoms with E-state index < -0.39 is 0 Å². The Morgan fingerprint density at radius 3 is 1.30 bits per heavy atom. The van der Waals surface area contributed by atoms with Gasteiger partial charge in [-0.2, -0.15) is 0 Å². The van der Waals surface area contributed by atoms with Crippen molar-refractivity contribution in [2.75, 3.05) is 10.6 Å².